The zero-order valence-corrected chi connectivity index (χ0v) is 12.0. The molecule has 5 heteroatoms. The molecular formula is C14H19N3OS. The van der Waals surface area contributed by atoms with E-state index in [0.29, 0.717) is 18.5 Å². The Morgan fingerprint density at radius 3 is 2.79 bits per heavy atom. The Hall–Kier alpha value is -1.49. The topological polar surface area (TPSA) is 39.9 Å². The number of rotatable bonds is 7. The standard InChI is InChI=1S/C14H19N3OS/c1-2-6-12(10-19)9-18-14-15-11-17(16-14)13-7-4-3-5-8-13/h3-5,7-8,11-12,19H,2,6,9-10H2,1H3. The van der Waals surface area contributed by atoms with E-state index >= 15 is 0 Å². The van der Waals surface area contributed by atoms with Crippen LogP contribution in [0.25, 0.3) is 5.69 Å². The lowest BCUT2D eigenvalue weighted by Crippen LogP contribution is -2.14. The highest BCUT2D eigenvalue weighted by Crippen LogP contribution is 2.12. The van der Waals surface area contributed by atoms with Gasteiger partial charge in [0.25, 0.3) is 0 Å². The fourth-order valence-electron chi connectivity index (χ4n) is 1.85. The molecular weight excluding hydrogens is 258 g/mol. The van der Waals surface area contributed by atoms with Gasteiger partial charge in [-0.1, -0.05) is 31.5 Å². The molecule has 2 aromatic rings. The first kappa shape index (κ1) is 13.9. The van der Waals surface area contributed by atoms with Crippen LogP contribution in [0.2, 0.25) is 0 Å². The number of ether oxygens (including phenoxy) is 1. The second-order valence-electron chi connectivity index (χ2n) is 4.46. The Kier molecular flexibility index (Phi) is 5.27. The van der Waals surface area contributed by atoms with Crippen molar-refractivity contribution in [2.45, 2.75) is 19.8 Å². The van der Waals surface area contributed by atoms with E-state index in [4.69, 9.17) is 4.74 Å². The fourth-order valence-corrected chi connectivity index (χ4v) is 2.14. The maximum absolute atomic E-state index is 5.62. The monoisotopic (exact) mass is 277 g/mol. The maximum Gasteiger partial charge on any atom is 0.335 e. The highest BCUT2D eigenvalue weighted by Gasteiger charge is 2.09. The number of hydrogen-bond donors (Lipinski definition) is 1. The smallest absolute Gasteiger partial charge is 0.335 e. The van der Waals surface area contributed by atoms with Crippen molar-refractivity contribution in [1.29, 1.82) is 0 Å². The number of para-hydroxylation sites is 1. The quantitative estimate of drug-likeness (QED) is 0.791. The second-order valence-corrected chi connectivity index (χ2v) is 4.82. The van der Waals surface area contributed by atoms with Crippen molar-refractivity contribution in [2.24, 2.45) is 5.92 Å². The van der Waals surface area contributed by atoms with Crippen LogP contribution >= 0.6 is 12.6 Å². The van der Waals surface area contributed by atoms with Crippen LogP contribution in [-0.2, 0) is 0 Å². The Balaban J connectivity index is 1.94. The molecule has 102 valence electrons. The molecule has 1 unspecified atom stereocenters. The van der Waals surface area contributed by atoms with Crippen LogP contribution < -0.4 is 4.74 Å². The van der Waals surface area contributed by atoms with Crippen LogP contribution in [0, 0.1) is 5.92 Å². The molecule has 0 bridgehead atoms. The zero-order valence-electron chi connectivity index (χ0n) is 11.1. The zero-order chi connectivity index (χ0) is 13.5. The number of hydrogen-bond acceptors (Lipinski definition) is 4. The van der Waals surface area contributed by atoms with Crippen LogP contribution in [0.4, 0.5) is 0 Å². The van der Waals surface area contributed by atoms with Gasteiger partial charge in [-0.3, -0.25) is 0 Å². The average Bonchev–Trinajstić information content (AvgIpc) is 2.93. The number of nitrogens with zero attached hydrogens (tertiary/aromatic N) is 3. The second kappa shape index (κ2) is 7.19. The summed E-state index contributed by atoms with van der Waals surface area (Å²) in [6, 6.07) is 10.3. The summed E-state index contributed by atoms with van der Waals surface area (Å²) in [6.07, 6.45) is 3.92. The van der Waals surface area contributed by atoms with Crippen LogP contribution in [0.3, 0.4) is 0 Å². The molecule has 0 N–H and O–H groups in total. The molecule has 0 radical (unpaired) electrons. The number of benzene rings is 1. The third-order valence-electron chi connectivity index (χ3n) is 2.89. The molecule has 0 aliphatic heterocycles. The lowest BCUT2D eigenvalue weighted by molar-refractivity contribution is 0.236. The summed E-state index contributed by atoms with van der Waals surface area (Å²) in [6.45, 7) is 2.79. The van der Waals surface area contributed by atoms with Crippen LogP contribution in [0.1, 0.15) is 19.8 Å². The summed E-state index contributed by atoms with van der Waals surface area (Å²) in [5, 5.41) is 4.31. The SMILES string of the molecule is CCCC(CS)COc1ncn(-c2ccccc2)n1. The first-order chi connectivity index (χ1) is 9.33. The van der Waals surface area contributed by atoms with Gasteiger partial charge in [-0.2, -0.15) is 17.6 Å². The number of thiol groups is 1. The van der Waals surface area contributed by atoms with E-state index in [2.05, 4.69) is 29.6 Å². The largest absolute Gasteiger partial charge is 0.462 e. The lowest BCUT2D eigenvalue weighted by atomic mass is 10.1. The predicted octanol–water partition coefficient (Wildman–Crippen LogP) is 2.99. The van der Waals surface area contributed by atoms with E-state index in [-0.39, 0.29) is 0 Å². The fraction of sp³-hybridized carbons (Fsp3) is 0.429. The van der Waals surface area contributed by atoms with E-state index in [9.17, 15) is 0 Å². The molecule has 4 nitrogen and oxygen atoms in total. The van der Waals surface area contributed by atoms with Gasteiger partial charge in [0.1, 0.15) is 6.33 Å². The van der Waals surface area contributed by atoms with Gasteiger partial charge in [0.05, 0.1) is 12.3 Å². The average molecular weight is 277 g/mol. The molecule has 0 aliphatic carbocycles. The first-order valence-electron chi connectivity index (χ1n) is 6.54. The molecule has 0 fully saturated rings. The van der Waals surface area contributed by atoms with Crippen molar-refractivity contribution in [3.8, 4) is 11.7 Å². The molecule has 0 saturated heterocycles. The summed E-state index contributed by atoms with van der Waals surface area (Å²) >= 11 is 4.33. The van der Waals surface area contributed by atoms with Gasteiger partial charge in [0.2, 0.25) is 0 Å². The predicted molar refractivity (Wildman–Crippen MR) is 79.1 cm³/mol. The van der Waals surface area contributed by atoms with Crippen molar-refractivity contribution < 1.29 is 4.74 Å². The van der Waals surface area contributed by atoms with Gasteiger partial charge in [-0.15, -0.1) is 5.10 Å². The minimum atomic E-state index is 0.423. The highest BCUT2D eigenvalue weighted by atomic mass is 32.1. The van der Waals surface area contributed by atoms with Gasteiger partial charge in [0, 0.05) is 5.92 Å². The minimum Gasteiger partial charge on any atom is -0.462 e. The van der Waals surface area contributed by atoms with E-state index in [1.165, 1.54) is 0 Å². The van der Waals surface area contributed by atoms with Crippen LogP contribution in [0.15, 0.2) is 36.7 Å². The highest BCUT2D eigenvalue weighted by molar-refractivity contribution is 7.80. The van der Waals surface area contributed by atoms with Crippen molar-refractivity contribution in [3.05, 3.63) is 36.7 Å². The van der Waals surface area contributed by atoms with Crippen LogP contribution in [0.5, 0.6) is 6.01 Å². The summed E-state index contributed by atoms with van der Waals surface area (Å²) in [7, 11) is 0. The van der Waals surface area contributed by atoms with Gasteiger partial charge in [0.15, 0.2) is 0 Å². The van der Waals surface area contributed by atoms with E-state index in [0.717, 1.165) is 24.3 Å². The Morgan fingerprint density at radius 2 is 2.11 bits per heavy atom. The molecule has 1 atom stereocenters. The normalized spacial score (nSPS) is 12.3. The Bertz CT molecular complexity index is 486. The van der Waals surface area contributed by atoms with Gasteiger partial charge in [-0.25, -0.2) is 4.68 Å². The molecule has 0 amide bonds. The third kappa shape index (κ3) is 3.99. The van der Waals surface area contributed by atoms with Gasteiger partial charge in [-0.05, 0) is 24.3 Å². The first-order valence-corrected chi connectivity index (χ1v) is 7.17. The molecule has 1 aromatic heterocycles. The third-order valence-corrected chi connectivity index (χ3v) is 3.41. The molecule has 0 spiro atoms. The van der Waals surface area contributed by atoms with Gasteiger partial charge >= 0.3 is 6.01 Å². The molecule has 0 saturated carbocycles. The van der Waals surface area contributed by atoms with E-state index in [1.807, 2.05) is 30.3 Å². The molecule has 2 rings (SSSR count). The van der Waals surface area contributed by atoms with Crippen molar-refractivity contribution >= 4 is 12.6 Å². The molecule has 1 heterocycles. The summed E-state index contributed by atoms with van der Waals surface area (Å²) in [5.74, 6) is 1.28. The van der Waals surface area contributed by atoms with Crippen molar-refractivity contribution in [2.75, 3.05) is 12.4 Å². The molecule has 1 aromatic carbocycles. The number of aromatic nitrogens is 3. The lowest BCUT2D eigenvalue weighted by Gasteiger charge is -2.12. The Morgan fingerprint density at radius 1 is 1.32 bits per heavy atom. The van der Waals surface area contributed by atoms with Gasteiger partial charge < -0.3 is 4.74 Å². The maximum atomic E-state index is 5.62. The van der Waals surface area contributed by atoms with Crippen molar-refractivity contribution in [1.82, 2.24) is 14.8 Å². The summed E-state index contributed by atoms with van der Waals surface area (Å²) < 4.78 is 7.33. The van der Waals surface area contributed by atoms with Crippen molar-refractivity contribution in [3.63, 3.8) is 0 Å². The van der Waals surface area contributed by atoms with Crippen LogP contribution in [-0.4, -0.2) is 27.1 Å². The van der Waals surface area contributed by atoms with E-state index in [1.54, 1.807) is 11.0 Å². The minimum absolute atomic E-state index is 0.423. The Labute approximate surface area is 119 Å². The molecule has 0 aliphatic rings. The summed E-state index contributed by atoms with van der Waals surface area (Å²) in [4.78, 5) is 4.16. The molecule has 19 heavy (non-hydrogen) atoms. The van der Waals surface area contributed by atoms with E-state index < -0.39 is 0 Å². The summed E-state index contributed by atoms with van der Waals surface area (Å²) in [5.41, 5.74) is 0.976.